The Morgan fingerprint density at radius 1 is 1.03 bits per heavy atom. The third-order valence-electron chi connectivity index (χ3n) is 7.20. The molecule has 8 nitrogen and oxygen atoms in total. The number of piperazine rings is 1. The Morgan fingerprint density at radius 3 is 2.57 bits per heavy atom. The SMILES string of the molecule is CCCN1C(=O)c2ccccc2[C@@H](C(=O)N2CCN(CCOC)CC2)[C@@H]1c1ccc2c(c1)OCO2. The number of carbonyl (C=O) groups is 2. The topological polar surface area (TPSA) is 71.6 Å². The molecule has 0 bridgehead atoms. The number of ether oxygens (including phenoxy) is 3. The molecule has 3 aliphatic rings. The van der Waals surface area contributed by atoms with Gasteiger partial charge in [-0.2, -0.15) is 0 Å². The normalized spacial score (nSPS) is 21.8. The second-order valence-corrected chi connectivity index (χ2v) is 9.28. The monoisotopic (exact) mass is 479 g/mol. The van der Waals surface area contributed by atoms with E-state index in [0.717, 1.165) is 37.2 Å². The van der Waals surface area contributed by atoms with Crippen LogP contribution in [0.4, 0.5) is 0 Å². The van der Waals surface area contributed by atoms with Crippen LogP contribution in [-0.4, -0.2) is 86.3 Å². The molecule has 8 heteroatoms. The van der Waals surface area contributed by atoms with Crippen LogP contribution in [0.5, 0.6) is 11.5 Å². The van der Waals surface area contributed by atoms with Gasteiger partial charge >= 0.3 is 0 Å². The molecule has 0 saturated carbocycles. The molecule has 35 heavy (non-hydrogen) atoms. The van der Waals surface area contributed by atoms with Crippen molar-refractivity contribution in [2.24, 2.45) is 0 Å². The average Bonchev–Trinajstić information content (AvgIpc) is 3.37. The van der Waals surface area contributed by atoms with Crippen LogP contribution in [-0.2, 0) is 9.53 Å². The molecule has 186 valence electrons. The number of rotatable bonds is 7. The van der Waals surface area contributed by atoms with Gasteiger partial charge in [-0.1, -0.05) is 31.2 Å². The van der Waals surface area contributed by atoms with E-state index in [1.807, 2.05) is 52.3 Å². The van der Waals surface area contributed by atoms with Crippen LogP contribution < -0.4 is 9.47 Å². The van der Waals surface area contributed by atoms with Crippen LogP contribution in [0.3, 0.4) is 0 Å². The molecule has 0 unspecified atom stereocenters. The van der Waals surface area contributed by atoms with Crippen LogP contribution in [0.25, 0.3) is 0 Å². The highest BCUT2D eigenvalue weighted by atomic mass is 16.7. The molecule has 0 spiro atoms. The lowest BCUT2D eigenvalue weighted by Gasteiger charge is -2.44. The summed E-state index contributed by atoms with van der Waals surface area (Å²) in [5.41, 5.74) is 2.32. The maximum Gasteiger partial charge on any atom is 0.254 e. The van der Waals surface area contributed by atoms with Crippen molar-refractivity contribution in [2.75, 3.05) is 59.8 Å². The molecule has 3 heterocycles. The van der Waals surface area contributed by atoms with Crippen LogP contribution >= 0.6 is 0 Å². The highest BCUT2D eigenvalue weighted by molar-refractivity contribution is 6.01. The van der Waals surface area contributed by atoms with E-state index in [4.69, 9.17) is 14.2 Å². The maximum absolute atomic E-state index is 14.2. The largest absolute Gasteiger partial charge is 0.454 e. The summed E-state index contributed by atoms with van der Waals surface area (Å²) in [6.07, 6.45) is 0.800. The number of carbonyl (C=O) groups excluding carboxylic acids is 2. The molecule has 0 N–H and O–H groups in total. The standard InChI is InChI=1S/C27H33N3O5/c1-3-10-30-25(19-8-9-22-23(17-19)35-18-34-22)24(20-6-4-5-7-21(20)26(30)31)27(32)29-13-11-28(12-14-29)15-16-33-2/h4-9,17,24-25H,3,10-16,18H2,1-2H3/t24-,25+/m1/s1. The molecule has 5 rings (SSSR count). The molecule has 2 aromatic carbocycles. The summed E-state index contributed by atoms with van der Waals surface area (Å²) in [5, 5.41) is 0. The van der Waals surface area contributed by atoms with Gasteiger partial charge in [0.1, 0.15) is 0 Å². The Balaban J connectivity index is 1.52. The molecule has 2 atom stereocenters. The molecule has 1 fully saturated rings. The second-order valence-electron chi connectivity index (χ2n) is 9.28. The van der Waals surface area contributed by atoms with Crippen molar-refractivity contribution < 1.29 is 23.8 Å². The Hall–Kier alpha value is -3.10. The van der Waals surface area contributed by atoms with Crippen molar-refractivity contribution in [3.05, 3.63) is 59.2 Å². The Morgan fingerprint density at radius 2 is 1.80 bits per heavy atom. The molecule has 0 aromatic heterocycles. The van der Waals surface area contributed by atoms with E-state index < -0.39 is 12.0 Å². The third kappa shape index (κ3) is 4.48. The highest BCUT2D eigenvalue weighted by Gasteiger charge is 2.45. The number of hydrogen-bond acceptors (Lipinski definition) is 6. The second kappa shape index (κ2) is 10.3. The van der Waals surface area contributed by atoms with Gasteiger partial charge in [0.25, 0.3) is 5.91 Å². The van der Waals surface area contributed by atoms with E-state index in [2.05, 4.69) is 11.8 Å². The van der Waals surface area contributed by atoms with Crippen molar-refractivity contribution in [1.29, 1.82) is 0 Å². The predicted molar refractivity (Wildman–Crippen MR) is 131 cm³/mol. The zero-order chi connectivity index (χ0) is 24.4. The van der Waals surface area contributed by atoms with Crippen LogP contribution in [0.15, 0.2) is 42.5 Å². The van der Waals surface area contributed by atoms with E-state index in [1.54, 1.807) is 7.11 Å². The smallest absolute Gasteiger partial charge is 0.254 e. The fourth-order valence-electron chi connectivity index (χ4n) is 5.42. The van der Waals surface area contributed by atoms with E-state index in [1.165, 1.54) is 0 Å². The van der Waals surface area contributed by atoms with Crippen molar-refractivity contribution in [1.82, 2.24) is 14.7 Å². The first kappa shape index (κ1) is 23.6. The lowest BCUT2D eigenvalue weighted by Crippen LogP contribution is -2.53. The molecule has 2 aromatic rings. The number of benzene rings is 2. The molecular weight excluding hydrogens is 446 g/mol. The van der Waals surface area contributed by atoms with Gasteiger partial charge in [0.2, 0.25) is 12.7 Å². The van der Waals surface area contributed by atoms with Gasteiger partial charge in [-0.25, -0.2) is 0 Å². The van der Waals surface area contributed by atoms with Crippen molar-refractivity contribution in [2.45, 2.75) is 25.3 Å². The number of nitrogens with zero attached hydrogens (tertiary/aromatic N) is 3. The summed E-state index contributed by atoms with van der Waals surface area (Å²) in [6.45, 7) is 7.31. The fraction of sp³-hybridized carbons (Fsp3) is 0.481. The maximum atomic E-state index is 14.2. The van der Waals surface area contributed by atoms with Gasteiger partial charge in [-0.3, -0.25) is 14.5 Å². The molecule has 3 aliphatic heterocycles. The van der Waals surface area contributed by atoms with Gasteiger partial charge in [-0.05, 0) is 35.7 Å². The van der Waals surface area contributed by atoms with Crippen molar-refractivity contribution in [3.63, 3.8) is 0 Å². The Bertz CT molecular complexity index is 1080. The van der Waals surface area contributed by atoms with E-state index in [-0.39, 0.29) is 18.6 Å². The van der Waals surface area contributed by atoms with Crippen LogP contribution in [0.2, 0.25) is 0 Å². The number of amides is 2. The van der Waals surface area contributed by atoms with Crippen molar-refractivity contribution in [3.8, 4) is 11.5 Å². The zero-order valence-electron chi connectivity index (χ0n) is 20.4. The molecule has 1 saturated heterocycles. The predicted octanol–water partition coefficient (Wildman–Crippen LogP) is 2.90. The van der Waals surface area contributed by atoms with Gasteiger partial charge in [0, 0.05) is 51.9 Å². The third-order valence-corrected chi connectivity index (χ3v) is 7.20. The molecule has 0 radical (unpaired) electrons. The lowest BCUT2D eigenvalue weighted by atomic mass is 9.78. The first-order chi connectivity index (χ1) is 17.1. The lowest BCUT2D eigenvalue weighted by molar-refractivity contribution is -0.136. The summed E-state index contributed by atoms with van der Waals surface area (Å²) in [6, 6.07) is 12.9. The molecular formula is C27H33N3O5. The van der Waals surface area contributed by atoms with E-state index >= 15 is 0 Å². The van der Waals surface area contributed by atoms with Gasteiger partial charge in [0.15, 0.2) is 11.5 Å². The Labute approximate surface area is 206 Å². The fourth-order valence-corrected chi connectivity index (χ4v) is 5.42. The summed E-state index contributed by atoms with van der Waals surface area (Å²) >= 11 is 0. The van der Waals surface area contributed by atoms with E-state index in [9.17, 15) is 9.59 Å². The summed E-state index contributed by atoms with van der Waals surface area (Å²) < 4.78 is 16.4. The minimum atomic E-state index is -0.485. The Kier molecular flexibility index (Phi) is 6.92. The number of hydrogen-bond donors (Lipinski definition) is 0. The van der Waals surface area contributed by atoms with Gasteiger partial charge in [-0.15, -0.1) is 0 Å². The summed E-state index contributed by atoms with van der Waals surface area (Å²) in [4.78, 5) is 34.0. The average molecular weight is 480 g/mol. The first-order valence-electron chi connectivity index (χ1n) is 12.4. The number of methoxy groups -OCH3 is 1. The van der Waals surface area contributed by atoms with Crippen LogP contribution in [0.1, 0.15) is 46.8 Å². The van der Waals surface area contributed by atoms with E-state index in [0.29, 0.717) is 43.3 Å². The zero-order valence-corrected chi connectivity index (χ0v) is 20.4. The summed E-state index contributed by atoms with van der Waals surface area (Å²) in [5.74, 6) is 0.900. The quantitative estimate of drug-likeness (QED) is 0.608. The molecule has 2 amide bonds. The minimum absolute atomic E-state index is 0.0291. The number of fused-ring (bicyclic) bond motifs is 2. The van der Waals surface area contributed by atoms with Gasteiger partial charge < -0.3 is 24.0 Å². The van der Waals surface area contributed by atoms with Gasteiger partial charge in [0.05, 0.1) is 18.6 Å². The first-order valence-corrected chi connectivity index (χ1v) is 12.4. The minimum Gasteiger partial charge on any atom is -0.454 e. The van der Waals surface area contributed by atoms with Crippen molar-refractivity contribution >= 4 is 11.8 Å². The summed E-state index contributed by atoms with van der Waals surface area (Å²) in [7, 11) is 1.71. The van der Waals surface area contributed by atoms with Crippen LogP contribution in [0, 0.1) is 0 Å². The highest BCUT2D eigenvalue weighted by Crippen LogP contribution is 2.46. The molecule has 0 aliphatic carbocycles.